The summed E-state index contributed by atoms with van der Waals surface area (Å²) in [6.45, 7) is 2.38. The number of fused-ring (bicyclic) bond motifs is 2. The lowest BCUT2D eigenvalue weighted by Crippen LogP contribution is -2.24. The molecule has 5 rings (SSSR count). The quantitative estimate of drug-likeness (QED) is 0.441. The van der Waals surface area contributed by atoms with Crippen LogP contribution in [-0.2, 0) is 17.8 Å². The molecule has 3 heterocycles. The fraction of sp³-hybridized carbons (Fsp3) is 0.227. The van der Waals surface area contributed by atoms with E-state index < -0.39 is 0 Å². The number of carbonyl (C=O) groups excluding carboxylic acids is 1. The van der Waals surface area contributed by atoms with Crippen molar-refractivity contribution in [2.45, 2.75) is 30.3 Å². The maximum absolute atomic E-state index is 12.2. The average molecular weight is 438 g/mol. The molecule has 1 N–H and O–H groups in total. The molecule has 1 atom stereocenters. The number of benzene rings is 2. The van der Waals surface area contributed by atoms with Crippen molar-refractivity contribution in [2.75, 3.05) is 5.75 Å². The fourth-order valence-corrected chi connectivity index (χ4v) is 5.26. The molecule has 1 aliphatic heterocycles. The minimum absolute atomic E-state index is 0.0660. The van der Waals surface area contributed by atoms with Crippen molar-refractivity contribution in [3.8, 4) is 17.1 Å². The Hall–Kier alpha value is -2.84. The Morgan fingerprint density at radius 3 is 3.07 bits per heavy atom. The average Bonchev–Trinajstić information content (AvgIpc) is 3.46. The van der Waals surface area contributed by atoms with Crippen LogP contribution in [0.15, 0.2) is 57.4 Å². The molecule has 8 heteroatoms. The van der Waals surface area contributed by atoms with Gasteiger partial charge in [-0.3, -0.25) is 4.79 Å². The van der Waals surface area contributed by atoms with E-state index in [-0.39, 0.29) is 12.0 Å². The lowest BCUT2D eigenvalue weighted by molar-refractivity contribution is -0.118. The number of nitrogens with zero attached hydrogens (tertiary/aromatic N) is 2. The summed E-state index contributed by atoms with van der Waals surface area (Å²) in [6, 6.07) is 15.9. The van der Waals surface area contributed by atoms with Crippen LogP contribution in [0.5, 0.6) is 5.75 Å². The first kappa shape index (κ1) is 19.1. The van der Waals surface area contributed by atoms with Gasteiger partial charge < -0.3 is 14.6 Å². The zero-order valence-electron chi connectivity index (χ0n) is 16.3. The van der Waals surface area contributed by atoms with Crippen LogP contribution >= 0.6 is 23.1 Å². The third-order valence-electron chi connectivity index (χ3n) is 4.81. The smallest absolute Gasteiger partial charge is 0.230 e. The largest absolute Gasteiger partial charge is 0.490 e. The first-order chi connectivity index (χ1) is 14.6. The van der Waals surface area contributed by atoms with E-state index in [4.69, 9.17) is 9.26 Å². The number of carbonyl (C=O) groups is 1. The molecule has 0 aliphatic carbocycles. The number of thioether (sulfide) groups is 1. The highest BCUT2D eigenvalue weighted by atomic mass is 32.2. The normalized spacial score (nSPS) is 15.2. The number of hydrogen-bond acceptors (Lipinski definition) is 7. The molecule has 0 saturated heterocycles. The van der Waals surface area contributed by atoms with Crippen molar-refractivity contribution < 1.29 is 14.1 Å². The summed E-state index contributed by atoms with van der Waals surface area (Å²) in [5, 5.41) is 6.96. The van der Waals surface area contributed by atoms with E-state index in [0.717, 1.165) is 32.3 Å². The lowest BCUT2D eigenvalue weighted by Gasteiger charge is -2.03. The van der Waals surface area contributed by atoms with Gasteiger partial charge in [0.05, 0.1) is 22.5 Å². The minimum atomic E-state index is -0.0660. The Bertz CT molecular complexity index is 1180. The second-order valence-corrected chi connectivity index (χ2v) is 9.40. The number of hydrogen-bond donors (Lipinski definition) is 1. The molecule has 0 radical (unpaired) electrons. The molecule has 2 aromatic heterocycles. The van der Waals surface area contributed by atoms with Gasteiger partial charge in [0.25, 0.3) is 0 Å². The van der Waals surface area contributed by atoms with E-state index >= 15 is 0 Å². The van der Waals surface area contributed by atoms with Gasteiger partial charge in [-0.2, -0.15) is 0 Å². The van der Waals surface area contributed by atoms with Gasteiger partial charge in [-0.1, -0.05) is 41.2 Å². The summed E-state index contributed by atoms with van der Waals surface area (Å²) in [4.78, 5) is 16.7. The van der Waals surface area contributed by atoms with E-state index in [1.165, 1.54) is 17.3 Å². The number of ether oxygens (including phenoxy) is 1. The molecular formula is C22H19N3O3S2. The number of thiazole rings is 1. The topological polar surface area (TPSA) is 77.3 Å². The summed E-state index contributed by atoms with van der Waals surface area (Å²) in [5.74, 6) is 1.81. The Morgan fingerprint density at radius 1 is 1.27 bits per heavy atom. The number of rotatable bonds is 6. The summed E-state index contributed by atoms with van der Waals surface area (Å²) in [7, 11) is 0. The van der Waals surface area contributed by atoms with Gasteiger partial charge in [-0.15, -0.1) is 11.3 Å². The molecule has 2 aromatic carbocycles. The lowest BCUT2D eigenvalue weighted by atomic mass is 10.1. The summed E-state index contributed by atoms with van der Waals surface area (Å²) < 4.78 is 13.3. The predicted octanol–water partition coefficient (Wildman–Crippen LogP) is 4.68. The molecular weight excluding hydrogens is 418 g/mol. The molecule has 1 unspecified atom stereocenters. The minimum Gasteiger partial charge on any atom is -0.490 e. The Morgan fingerprint density at radius 2 is 2.17 bits per heavy atom. The van der Waals surface area contributed by atoms with Crippen molar-refractivity contribution in [3.63, 3.8) is 0 Å². The van der Waals surface area contributed by atoms with E-state index in [0.29, 0.717) is 23.8 Å². The molecule has 152 valence electrons. The van der Waals surface area contributed by atoms with Crippen LogP contribution < -0.4 is 10.1 Å². The molecule has 1 aliphatic rings. The van der Waals surface area contributed by atoms with Gasteiger partial charge >= 0.3 is 0 Å². The second kappa shape index (κ2) is 8.12. The highest BCUT2D eigenvalue weighted by Gasteiger charge is 2.20. The van der Waals surface area contributed by atoms with E-state index in [1.54, 1.807) is 11.3 Å². The predicted molar refractivity (Wildman–Crippen MR) is 118 cm³/mol. The van der Waals surface area contributed by atoms with E-state index in [9.17, 15) is 4.79 Å². The highest BCUT2D eigenvalue weighted by molar-refractivity contribution is 8.01. The standard InChI is InChI=1S/C22H19N3O3S2/c1-13-8-14-6-7-15(9-18(14)27-13)19-10-16(25-28-19)11-23-21(26)12-29-22-24-17-4-2-3-5-20(17)30-22/h2-7,9-10,13H,8,11-12H2,1H3,(H,23,26). The van der Waals surface area contributed by atoms with Crippen molar-refractivity contribution in [1.82, 2.24) is 15.5 Å². The highest BCUT2D eigenvalue weighted by Crippen LogP contribution is 2.33. The SMILES string of the molecule is CC1Cc2ccc(-c3cc(CNC(=O)CSc4nc5ccccc5s4)no3)cc2O1. The van der Waals surface area contributed by atoms with Gasteiger partial charge in [-0.25, -0.2) is 4.98 Å². The molecule has 1 amide bonds. The first-order valence-corrected chi connectivity index (χ1v) is 11.4. The second-order valence-electron chi connectivity index (χ2n) is 7.15. The summed E-state index contributed by atoms with van der Waals surface area (Å²) in [5.41, 5.74) is 3.77. The van der Waals surface area contributed by atoms with Crippen LogP contribution in [0.4, 0.5) is 0 Å². The van der Waals surface area contributed by atoms with Crippen molar-refractivity contribution in [1.29, 1.82) is 0 Å². The molecule has 0 spiro atoms. The van der Waals surface area contributed by atoms with Crippen LogP contribution in [-0.4, -0.2) is 27.9 Å². The molecule has 0 bridgehead atoms. The van der Waals surface area contributed by atoms with Gasteiger partial charge in [-0.05, 0) is 30.7 Å². The Kier molecular flexibility index (Phi) is 5.18. The van der Waals surface area contributed by atoms with Crippen molar-refractivity contribution >= 4 is 39.2 Å². The van der Waals surface area contributed by atoms with Gasteiger partial charge in [0.2, 0.25) is 5.91 Å². The van der Waals surface area contributed by atoms with E-state index in [1.807, 2.05) is 42.5 Å². The van der Waals surface area contributed by atoms with Crippen molar-refractivity contribution in [2.24, 2.45) is 0 Å². The number of aromatic nitrogens is 2. The van der Waals surface area contributed by atoms with Gasteiger partial charge in [0.1, 0.15) is 17.5 Å². The third kappa shape index (κ3) is 4.06. The van der Waals surface area contributed by atoms with Crippen LogP contribution in [0.25, 0.3) is 21.5 Å². The van der Waals surface area contributed by atoms with Crippen LogP contribution in [0, 0.1) is 0 Å². The number of amides is 1. The Labute approximate surface area is 181 Å². The maximum Gasteiger partial charge on any atom is 0.230 e. The van der Waals surface area contributed by atoms with Crippen molar-refractivity contribution in [3.05, 3.63) is 59.8 Å². The monoisotopic (exact) mass is 437 g/mol. The summed E-state index contributed by atoms with van der Waals surface area (Å²) in [6.07, 6.45) is 1.13. The molecule has 4 aromatic rings. The maximum atomic E-state index is 12.2. The van der Waals surface area contributed by atoms with Gasteiger partial charge in [0.15, 0.2) is 10.1 Å². The van der Waals surface area contributed by atoms with E-state index in [2.05, 4.69) is 28.4 Å². The number of para-hydroxylation sites is 1. The molecule has 30 heavy (non-hydrogen) atoms. The summed E-state index contributed by atoms with van der Waals surface area (Å²) >= 11 is 3.04. The van der Waals surface area contributed by atoms with Gasteiger partial charge in [0, 0.05) is 18.1 Å². The fourth-order valence-electron chi connectivity index (χ4n) is 3.37. The molecule has 0 fully saturated rings. The Balaban J connectivity index is 1.16. The van der Waals surface area contributed by atoms with Crippen LogP contribution in [0.3, 0.4) is 0 Å². The zero-order chi connectivity index (χ0) is 20.5. The third-order valence-corrected chi connectivity index (χ3v) is 6.99. The zero-order valence-corrected chi connectivity index (χ0v) is 17.9. The van der Waals surface area contributed by atoms with Crippen LogP contribution in [0.2, 0.25) is 0 Å². The number of nitrogens with one attached hydrogen (secondary N) is 1. The molecule has 0 saturated carbocycles. The molecule has 6 nitrogen and oxygen atoms in total. The first-order valence-electron chi connectivity index (χ1n) is 9.65. The van der Waals surface area contributed by atoms with Crippen LogP contribution in [0.1, 0.15) is 18.2 Å².